The van der Waals surface area contributed by atoms with Crippen molar-refractivity contribution in [2.45, 2.75) is 26.2 Å². The predicted molar refractivity (Wildman–Crippen MR) is 106 cm³/mol. The summed E-state index contributed by atoms with van der Waals surface area (Å²) in [6, 6.07) is 0. The van der Waals surface area contributed by atoms with Crippen LogP contribution in [-0.4, -0.2) is 56.9 Å². The highest BCUT2D eigenvalue weighted by Crippen LogP contribution is 2.26. The number of hydrogen-bond donors (Lipinski definition) is 0. The van der Waals surface area contributed by atoms with Gasteiger partial charge in [0.25, 0.3) is 0 Å². The Labute approximate surface area is 153 Å². The summed E-state index contributed by atoms with van der Waals surface area (Å²) in [5.41, 5.74) is 3.09. The Kier molecular flexibility index (Phi) is 8.46. The van der Waals surface area contributed by atoms with Crippen molar-refractivity contribution in [3.05, 3.63) is 72.2 Å². The van der Waals surface area contributed by atoms with Crippen molar-refractivity contribution < 1.29 is 9.47 Å². The molecule has 0 spiro atoms. The fraction of sp³-hybridized carbons (Fsp3) is 0.429. The van der Waals surface area contributed by atoms with Crippen molar-refractivity contribution in [1.29, 1.82) is 0 Å². The van der Waals surface area contributed by atoms with Crippen LogP contribution in [0.15, 0.2) is 72.2 Å². The van der Waals surface area contributed by atoms with Gasteiger partial charge in [0.1, 0.15) is 6.23 Å². The Balaban J connectivity index is 2.84. The molecule has 1 saturated heterocycles. The van der Waals surface area contributed by atoms with Crippen LogP contribution >= 0.6 is 0 Å². The van der Waals surface area contributed by atoms with Gasteiger partial charge in [-0.25, -0.2) is 0 Å². The largest absolute Gasteiger partial charge is 0.501 e. The van der Waals surface area contributed by atoms with Crippen LogP contribution in [0.4, 0.5) is 0 Å². The van der Waals surface area contributed by atoms with Gasteiger partial charge in [0, 0.05) is 26.3 Å². The fourth-order valence-electron chi connectivity index (χ4n) is 2.58. The van der Waals surface area contributed by atoms with E-state index in [0.717, 1.165) is 29.1 Å². The van der Waals surface area contributed by atoms with Crippen LogP contribution in [-0.2, 0) is 9.47 Å². The smallest absolute Gasteiger partial charge is 0.136 e. The quantitative estimate of drug-likeness (QED) is 0.493. The second-order valence-corrected chi connectivity index (χ2v) is 6.29. The van der Waals surface area contributed by atoms with Gasteiger partial charge in [-0.3, -0.25) is 4.90 Å². The SMILES string of the molecule is C=C/C(=C\C=C(/C)OC)[C@H]1CN(C)[C@@H](C(=C)/C=C\C(=C/C)N(C)C)O1. The summed E-state index contributed by atoms with van der Waals surface area (Å²) < 4.78 is 11.4. The predicted octanol–water partition coefficient (Wildman–Crippen LogP) is 3.88. The second-order valence-electron chi connectivity index (χ2n) is 6.29. The molecule has 1 heterocycles. The maximum atomic E-state index is 6.21. The highest BCUT2D eigenvalue weighted by atomic mass is 16.5. The number of hydrogen-bond acceptors (Lipinski definition) is 4. The summed E-state index contributed by atoms with van der Waals surface area (Å²) >= 11 is 0. The zero-order valence-corrected chi connectivity index (χ0v) is 16.5. The first-order chi connectivity index (χ1) is 11.8. The lowest BCUT2D eigenvalue weighted by atomic mass is 10.1. The third-order valence-electron chi connectivity index (χ3n) is 4.18. The molecule has 0 unspecified atom stereocenters. The zero-order valence-electron chi connectivity index (χ0n) is 16.5. The van der Waals surface area contributed by atoms with E-state index < -0.39 is 0 Å². The van der Waals surface area contributed by atoms with E-state index in [2.05, 4.69) is 35.1 Å². The van der Waals surface area contributed by atoms with Gasteiger partial charge < -0.3 is 14.4 Å². The number of nitrogens with zero attached hydrogens (tertiary/aromatic N) is 2. The summed E-state index contributed by atoms with van der Waals surface area (Å²) in [5, 5.41) is 0. The van der Waals surface area contributed by atoms with Gasteiger partial charge in [-0.1, -0.05) is 37.5 Å². The van der Waals surface area contributed by atoms with Crippen molar-refractivity contribution in [3.8, 4) is 0 Å². The lowest BCUT2D eigenvalue weighted by molar-refractivity contribution is 0.0514. The van der Waals surface area contributed by atoms with Gasteiger partial charge in [0.05, 0.1) is 19.0 Å². The van der Waals surface area contributed by atoms with Crippen molar-refractivity contribution in [2.75, 3.05) is 34.8 Å². The average Bonchev–Trinajstić information content (AvgIpc) is 2.96. The minimum Gasteiger partial charge on any atom is -0.501 e. The van der Waals surface area contributed by atoms with E-state index >= 15 is 0 Å². The van der Waals surface area contributed by atoms with Gasteiger partial charge in [-0.05, 0) is 44.2 Å². The minimum atomic E-state index is -0.141. The van der Waals surface area contributed by atoms with Crippen molar-refractivity contribution in [1.82, 2.24) is 9.80 Å². The molecule has 1 aliphatic rings. The highest BCUT2D eigenvalue weighted by Gasteiger charge is 2.32. The van der Waals surface area contributed by atoms with Crippen LogP contribution in [0.5, 0.6) is 0 Å². The number of likely N-dealkylation sites (N-methyl/N-ethyl adjacent to an activating group) is 2. The lowest BCUT2D eigenvalue weighted by Gasteiger charge is -2.19. The van der Waals surface area contributed by atoms with Crippen LogP contribution < -0.4 is 0 Å². The molecule has 0 N–H and O–H groups in total. The lowest BCUT2D eigenvalue weighted by Crippen LogP contribution is -2.26. The van der Waals surface area contributed by atoms with E-state index in [9.17, 15) is 0 Å². The summed E-state index contributed by atoms with van der Waals surface area (Å²) in [7, 11) is 7.75. The Morgan fingerprint density at radius 2 is 1.96 bits per heavy atom. The Bertz CT molecular complexity index is 597. The molecule has 25 heavy (non-hydrogen) atoms. The molecule has 138 valence electrons. The molecule has 4 heteroatoms. The second kappa shape index (κ2) is 10.1. The van der Waals surface area contributed by atoms with Crippen LogP contribution in [0.3, 0.4) is 0 Å². The number of rotatable bonds is 8. The molecule has 0 bridgehead atoms. The molecule has 1 fully saturated rings. The summed E-state index contributed by atoms with van der Waals surface area (Å²) in [4.78, 5) is 4.22. The number of allylic oxidation sites excluding steroid dienone is 5. The molecule has 1 rings (SSSR count). The van der Waals surface area contributed by atoms with Crippen LogP contribution in [0.1, 0.15) is 13.8 Å². The van der Waals surface area contributed by atoms with Crippen LogP contribution in [0, 0.1) is 0 Å². The molecule has 2 atom stereocenters. The maximum Gasteiger partial charge on any atom is 0.136 e. The Morgan fingerprint density at radius 3 is 2.48 bits per heavy atom. The van der Waals surface area contributed by atoms with E-state index in [1.807, 2.05) is 59.3 Å². The minimum absolute atomic E-state index is 0.0337. The van der Waals surface area contributed by atoms with Gasteiger partial charge in [-0.15, -0.1) is 0 Å². The molecular formula is C21H32N2O2. The molecule has 0 saturated carbocycles. The molecule has 4 nitrogen and oxygen atoms in total. The number of ether oxygens (including phenoxy) is 2. The molecule has 0 aromatic carbocycles. The normalized spacial score (nSPS) is 23.2. The summed E-state index contributed by atoms with van der Waals surface area (Å²) in [6.07, 6.45) is 11.7. The van der Waals surface area contributed by atoms with Gasteiger partial charge in [0.15, 0.2) is 0 Å². The van der Waals surface area contributed by atoms with E-state index in [-0.39, 0.29) is 12.3 Å². The Hall–Kier alpha value is -2.04. The van der Waals surface area contributed by atoms with E-state index in [0.29, 0.717) is 0 Å². The highest BCUT2D eigenvalue weighted by molar-refractivity contribution is 5.31. The summed E-state index contributed by atoms with van der Waals surface area (Å²) in [6.45, 7) is 12.8. The van der Waals surface area contributed by atoms with Crippen LogP contribution in [0.25, 0.3) is 0 Å². The third kappa shape index (κ3) is 6.07. The topological polar surface area (TPSA) is 24.9 Å². The first kappa shape index (κ1) is 21.0. The van der Waals surface area contributed by atoms with Crippen molar-refractivity contribution >= 4 is 0 Å². The molecule has 0 aliphatic carbocycles. The maximum absolute atomic E-state index is 6.21. The van der Waals surface area contributed by atoms with Gasteiger partial charge in [0.2, 0.25) is 0 Å². The van der Waals surface area contributed by atoms with E-state index in [4.69, 9.17) is 9.47 Å². The monoisotopic (exact) mass is 344 g/mol. The molecule has 0 radical (unpaired) electrons. The van der Waals surface area contributed by atoms with E-state index in [1.165, 1.54) is 0 Å². The first-order valence-corrected chi connectivity index (χ1v) is 8.45. The molecular weight excluding hydrogens is 312 g/mol. The third-order valence-corrected chi connectivity index (χ3v) is 4.18. The van der Waals surface area contributed by atoms with Crippen molar-refractivity contribution in [3.63, 3.8) is 0 Å². The zero-order chi connectivity index (χ0) is 19.0. The molecule has 1 aliphatic heterocycles. The van der Waals surface area contributed by atoms with Gasteiger partial charge in [-0.2, -0.15) is 0 Å². The van der Waals surface area contributed by atoms with Crippen molar-refractivity contribution in [2.24, 2.45) is 0 Å². The molecule has 0 aromatic rings. The average molecular weight is 344 g/mol. The fourth-order valence-corrected chi connectivity index (χ4v) is 2.58. The Morgan fingerprint density at radius 1 is 1.28 bits per heavy atom. The summed E-state index contributed by atoms with van der Waals surface area (Å²) in [5.74, 6) is 0.845. The van der Waals surface area contributed by atoms with Gasteiger partial charge >= 0.3 is 0 Å². The van der Waals surface area contributed by atoms with Crippen LogP contribution in [0.2, 0.25) is 0 Å². The first-order valence-electron chi connectivity index (χ1n) is 8.45. The van der Waals surface area contributed by atoms with E-state index in [1.54, 1.807) is 7.11 Å². The number of methoxy groups -OCH3 is 1. The molecule has 0 aromatic heterocycles. The molecule has 0 amide bonds. The standard InChI is InChI=1S/C21H32N2O2/c1-9-18(13-12-17(4)24-8)20-15-23(7)21(25-20)16(3)11-14-19(10-2)22(5)6/h9-14,20-21H,1,3,15H2,2,4-8H3/b14-11-,17-12+,18-13+,19-10+/t20-,21-/m1/s1.